The Bertz CT molecular complexity index is 545. The molecule has 7 nitrogen and oxygen atoms in total. The van der Waals surface area contributed by atoms with Crippen LogP contribution in [0.3, 0.4) is 0 Å². The Balaban J connectivity index is 3.01. The first kappa shape index (κ1) is 18.9. The van der Waals surface area contributed by atoms with Crippen molar-refractivity contribution in [2.75, 3.05) is 41.0 Å². The average Bonchev–Trinajstić information content (AvgIpc) is 2.52. The molecule has 7 heteroatoms. The summed E-state index contributed by atoms with van der Waals surface area (Å²) in [7, 11) is 4.69. The molecule has 23 heavy (non-hydrogen) atoms. The van der Waals surface area contributed by atoms with Crippen LogP contribution in [0.1, 0.15) is 16.8 Å². The van der Waals surface area contributed by atoms with Gasteiger partial charge in [0.2, 0.25) is 0 Å². The molecular weight excluding hydrogens is 302 g/mol. The molecule has 0 fully saturated rings. The Morgan fingerprint density at radius 2 is 1.87 bits per heavy atom. The van der Waals surface area contributed by atoms with Crippen molar-refractivity contribution in [3.63, 3.8) is 0 Å². The van der Waals surface area contributed by atoms with Crippen LogP contribution in [0, 0.1) is 5.92 Å². The topological polar surface area (TPSA) is 96.3 Å². The van der Waals surface area contributed by atoms with Crippen molar-refractivity contribution >= 4 is 11.8 Å². The van der Waals surface area contributed by atoms with E-state index in [0.29, 0.717) is 23.6 Å². The first-order chi connectivity index (χ1) is 10.9. The molecule has 0 heterocycles. The monoisotopic (exact) mass is 325 g/mol. The highest BCUT2D eigenvalue weighted by molar-refractivity contribution is 6.00. The lowest BCUT2D eigenvalue weighted by atomic mass is 9.93. The van der Waals surface area contributed by atoms with Crippen molar-refractivity contribution in [1.82, 2.24) is 4.90 Å². The number of hydrogen-bond acceptors (Lipinski definition) is 6. The van der Waals surface area contributed by atoms with E-state index in [4.69, 9.17) is 19.7 Å². The smallest absolute Gasteiger partial charge is 0.304 e. The second kappa shape index (κ2) is 9.12. The van der Waals surface area contributed by atoms with E-state index >= 15 is 0 Å². The maximum atomic E-state index is 12.6. The second-order valence-electron chi connectivity index (χ2n) is 5.21. The number of rotatable bonds is 10. The highest BCUT2D eigenvalue weighted by Crippen LogP contribution is 2.29. The minimum Gasteiger partial charge on any atom is -0.493 e. The van der Waals surface area contributed by atoms with Gasteiger partial charge < -0.3 is 24.6 Å². The quantitative estimate of drug-likeness (QED) is 0.617. The molecule has 0 aliphatic heterocycles. The number of benzene rings is 1. The summed E-state index contributed by atoms with van der Waals surface area (Å²) in [5.41, 5.74) is 0.367. The van der Waals surface area contributed by atoms with Crippen LogP contribution in [0.25, 0.3) is 0 Å². The lowest BCUT2D eigenvalue weighted by Crippen LogP contribution is -2.33. The second-order valence-corrected chi connectivity index (χ2v) is 5.21. The standard InChI is InChI=1S/C16H23NO6/c1-17(6-7-18)10-12(9-15(19)20)16(21)11-4-5-13(22-2)14(8-11)23-3/h4-5,8,12,18H,6-7,9-10H2,1-3H3,(H,19,20). The van der Waals surface area contributed by atoms with Gasteiger partial charge in [-0.05, 0) is 25.2 Å². The number of aliphatic carboxylic acids is 1. The fourth-order valence-corrected chi connectivity index (χ4v) is 2.31. The van der Waals surface area contributed by atoms with E-state index in [2.05, 4.69) is 0 Å². The number of ether oxygens (including phenoxy) is 2. The molecule has 0 amide bonds. The van der Waals surface area contributed by atoms with E-state index in [9.17, 15) is 9.59 Å². The average molecular weight is 325 g/mol. The number of aliphatic hydroxyl groups is 1. The van der Waals surface area contributed by atoms with Crippen LogP contribution in [0.2, 0.25) is 0 Å². The van der Waals surface area contributed by atoms with Gasteiger partial charge in [-0.15, -0.1) is 0 Å². The number of carboxylic acid groups (broad SMARTS) is 1. The molecule has 0 aliphatic carbocycles. The largest absolute Gasteiger partial charge is 0.493 e. The van der Waals surface area contributed by atoms with Crippen LogP contribution >= 0.6 is 0 Å². The van der Waals surface area contributed by atoms with Crippen molar-refractivity contribution < 1.29 is 29.3 Å². The third-order valence-electron chi connectivity index (χ3n) is 3.47. The van der Waals surface area contributed by atoms with Crippen LogP contribution < -0.4 is 9.47 Å². The van der Waals surface area contributed by atoms with E-state index in [1.54, 1.807) is 30.1 Å². The number of aliphatic hydroxyl groups excluding tert-OH is 1. The van der Waals surface area contributed by atoms with E-state index in [-0.39, 0.29) is 25.4 Å². The first-order valence-electron chi connectivity index (χ1n) is 7.20. The number of hydrogen-bond donors (Lipinski definition) is 2. The van der Waals surface area contributed by atoms with Gasteiger partial charge in [-0.25, -0.2) is 0 Å². The van der Waals surface area contributed by atoms with Gasteiger partial charge in [0.25, 0.3) is 0 Å². The van der Waals surface area contributed by atoms with Crippen molar-refractivity contribution in [1.29, 1.82) is 0 Å². The summed E-state index contributed by atoms with van der Waals surface area (Å²) in [4.78, 5) is 25.4. The highest BCUT2D eigenvalue weighted by Gasteiger charge is 2.25. The zero-order valence-electron chi connectivity index (χ0n) is 13.6. The maximum absolute atomic E-state index is 12.6. The van der Waals surface area contributed by atoms with Crippen LogP contribution in [0.5, 0.6) is 11.5 Å². The summed E-state index contributed by atoms with van der Waals surface area (Å²) in [6, 6.07) is 4.74. The van der Waals surface area contributed by atoms with Crippen LogP contribution in [0.4, 0.5) is 0 Å². The predicted molar refractivity (Wildman–Crippen MR) is 84.2 cm³/mol. The summed E-state index contributed by atoms with van der Waals surface area (Å²) >= 11 is 0. The minimum atomic E-state index is -1.04. The molecule has 128 valence electrons. The molecule has 2 N–H and O–H groups in total. The lowest BCUT2D eigenvalue weighted by Gasteiger charge is -2.21. The fraction of sp³-hybridized carbons (Fsp3) is 0.500. The Hall–Kier alpha value is -2.12. The molecule has 0 aliphatic rings. The van der Waals surface area contributed by atoms with E-state index < -0.39 is 11.9 Å². The molecule has 1 unspecified atom stereocenters. The van der Waals surface area contributed by atoms with Gasteiger partial charge in [-0.1, -0.05) is 0 Å². The number of methoxy groups -OCH3 is 2. The van der Waals surface area contributed by atoms with Gasteiger partial charge in [0.05, 0.1) is 27.2 Å². The summed E-state index contributed by atoms with van der Waals surface area (Å²) in [5, 5.41) is 18.0. The van der Waals surface area contributed by atoms with Crippen molar-refractivity contribution in [3.8, 4) is 11.5 Å². The number of ketones is 1. The molecule has 0 radical (unpaired) electrons. The van der Waals surface area contributed by atoms with Crippen LogP contribution in [0.15, 0.2) is 18.2 Å². The molecule has 0 saturated carbocycles. The number of carboxylic acids is 1. The predicted octanol–water partition coefficient (Wildman–Crippen LogP) is 0.901. The van der Waals surface area contributed by atoms with Crippen molar-refractivity contribution in [3.05, 3.63) is 23.8 Å². The molecule has 0 aromatic heterocycles. The molecule has 0 bridgehead atoms. The third-order valence-corrected chi connectivity index (χ3v) is 3.47. The Morgan fingerprint density at radius 3 is 2.39 bits per heavy atom. The summed E-state index contributed by atoms with van der Waals surface area (Å²) in [6.45, 7) is 0.566. The van der Waals surface area contributed by atoms with Gasteiger partial charge in [-0.3, -0.25) is 9.59 Å². The summed E-state index contributed by atoms with van der Waals surface area (Å²) < 4.78 is 10.3. The summed E-state index contributed by atoms with van der Waals surface area (Å²) in [5.74, 6) is -1.12. The van der Waals surface area contributed by atoms with Gasteiger partial charge in [0.15, 0.2) is 17.3 Å². The molecule has 1 aromatic rings. The normalized spacial score (nSPS) is 12.0. The molecular formula is C16H23NO6. The third kappa shape index (κ3) is 5.54. The zero-order chi connectivity index (χ0) is 17.4. The lowest BCUT2D eigenvalue weighted by molar-refractivity contribution is -0.137. The first-order valence-corrected chi connectivity index (χ1v) is 7.20. The number of likely N-dealkylation sites (N-methyl/N-ethyl adjacent to an activating group) is 1. The Morgan fingerprint density at radius 1 is 1.22 bits per heavy atom. The summed E-state index contributed by atoms with van der Waals surface area (Å²) in [6.07, 6.45) is -0.275. The SMILES string of the molecule is COc1ccc(C(=O)C(CC(=O)O)CN(C)CCO)cc1OC. The van der Waals surface area contributed by atoms with Crippen molar-refractivity contribution in [2.24, 2.45) is 5.92 Å². The van der Waals surface area contributed by atoms with Crippen LogP contribution in [-0.4, -0.2) is 67.8 Å². The Labute approximate surface area is 135 Å². The number of carbonyl (C=O) groups excluding carboxylic acids is 1. The van der Waals surface area contributed by atoms with Gasteiger partial charge in [0.1, 0.15) is 0 Å². The molecule has 0 spiro atoms. The molecule has 0 saturated heterocycles. The molecule has 1 rings (SSSR count). The van der Waals surface area contributed by atoms with Gasteiger partial charge >= 0.3 is 5.97 Å². The Kier molecular flexibility index (Phi) is 7.50. The van der Waals surface area contributed by atoms with E-state index in [1.165, 1.54) is 14.2 Å². The van der Waals surface area contributed by atoms with E-state index in [1.807, 2.05) is 0 Å². The molecule has 1 aromatic carbocycles. The van der Waals surface area contributed by atoms with Gasteiger partial charge in [-0.2, -0.15) is 0 Å². The molecule has 1 atom stereocenters. The number of Topliss-reactive ketones (excluding diaryl/α,β-unsaturated/α-hetero) is 1. The zero-order valence-corrected chi connectivity index (χ0v) is 13.6. The number of carbonyl (C=O) groups is 2. The van der Waals surface area contributed by atoms with E-state index in [0.717, 1.165) is 0 Å². The maximum Gasteiger partial charge on any atom is 0.304 e. The highest BCUT2D eigenvalue weighted by atomic mass is 16.5. The van der Waals surface area contributed by atoms with Gasteiger partial charge in [0, 0.05) is 24.6 Å². The van der Waals surface area contributed by atoms with Crippen molar-refractivity contribution in [2.45, 2.75) is 6.42 Å². The fourth-order valence-electron chi connectivity index (χ4n) is 2.31. The number of nitrogens with zero attached hydrogens (tertiary/aromatic N) is 1. The minimum absolute atomic E-state index is 0.0547. The van der Waals surface area contributed by atoms with Crippen LogP contribution in [-0.2, 0) is 4.79 Å².